The molecule has 1 heterocycles. The molecule has 0 amide bonds. The summed E-state index contributed by atoms with van der Waals surface area (Å²) in [5.41, 5.74) is 10.8. The predicted molar refractivity (Wildman–Crippen MR) is 81.0 cm³/mol. The van der Waals surface area contributed by atoms with Crippen LogP contribution < -0.4 is 10.5 Å². The smallest absolute Gasteiger partial charge is 0.119 e. The van der Waals surface area contributed by atoms with Gasteiger partial charge in [-0.05, 0) is 55.5 Å². The topological polar surface area (TPSA) is 51.0 Å². The van der Waals surface area contributed by atoms with Gasteiger partial charge in [0.15, 0.2) is 0 Å². The van der Waals surface area contributed by atoms with Crippen molar-refractivity contribution in [1.29, 1.82) is 0 Å². The van der Waals surface area contributed by atoms with Gasteiger partial charge in [0.2, 0.25) is 0 Å². The molecule has 0 aliphatic carbocycles. The molecular formula is C16H24N2O. The molecule has 0 unspecified atom stereocenters. The highest BCUT2D eigenvalue weighted by Gasteiger charge is 2.26. The summed E-state index contributed by atoms with van der Waals surface area (Å²) in [5, 5.41) is 1.26. The highest BCUT2D eigenvalue weighted by atomic mass is 16.5. The van der Waals surface area contributed by atoms with Crippen LogP contribution in [0.15, 0.2) is 12.1 Å². The number of methoxy groups -OCH3 is 1. The molecule has 0 atom stereocenters. The van der Waals surface area contributed by atoms with Crippen LogP contribution in [0.25, 0.3) is 10.9 Å². The van der Waals surface area contributed by atoms with Gasteiger partial charge < -0.3 is 15.5 Å². The molecule has 0 saturated carbocycles. The van der Waals surface area contributed by atoms with Crippen molar-refractivity contribution < 1.29 is 4.74 Å². The summed E-state index contributed by atoms with van der Waals surface area (Å²) >= 11 is 0. The van der Waals surface area contributed by atoms with Crippen molar-refractivity contribution >= 4 is 10.9 Å². The van der Waals surface area contributed by atoms with E-state index in [-0.39, 0.29) is 5.41 Å². The molecule has 0 bridgehead atoms. The Labute approximate surface area is 115 Å². The molecule has 0 fully saturated rings. The number of ether oxygens (including phenoxy) is 1. The van der Waals surface area contributed by atoms with Crippen LogP contribution >= 0.6 is 0 Å². The molecule has 0 aliphatic rings. The van der Waals surface area contributed by atoms with Crippen LogP contribution in [0.3, 0.4) is 0 Å². The number of aromatic amines is 1. The summed E-state index contributed by atoms with van der Waals surface area (Å²) in [7, 11) is 1.71. The van der Waals surface area contributed by atoms with E-state index in [9.17, 15) is 0 Å². The average molecular weight is 260 g/mol. The molecule has 3 nitrogen and oxygen atoms in total. The minimum atomic E-state index is 0.0654. The van der Waals surface area contributed by atoms with E-state index < -0.39 is 0 Å². The maximum atomic E-state index is 5.77. The van der Waals surface area contributed by atoms with E-state index in [0.29, 0.717) is 6.54 Å². The Bertz CT molecular complexity index is 596. The minimum absolute atomic E-state index is 0.0654. The first-order valence-corrected chi connectivity index (χ1v) is 6.78. The Morgan fingerprint density at radius 3 is 2.53 bits per heavy atom. The van der Waals surface area contributed by atoms with Gasteiger partial charge in [-0.15, -0.1) is 0 Å². The summed E-state index contributed by atoms with van der Waals surface area (Å²) in [4.78, 5) is 3.51. The first-order chi connectivity index (χ1) is 8.90. The molecular weight excluding hydrogens is 236 g/mol. The monoisotopic (exact) mass is 260 g/mol. The zero-order valence-corrected chi connectivity index (χ0v) is 12.6. The fourth-order valence-corrected chi connectivity index (χ4v) is 3.05. The molecule has 3 N–H and O–H groups in total. The van der Waals surface area contributed by atoms with Gasteiger partial charge in [-0.25, -0.2) is 0 Å². The molecule has 1 aromatic heterocycles. The van der Waals surface area contributed by atoms with Crippen molar-refractivity contribution in [2.75, 3.05) is 13.7 Å². The van der Waals surface area contributed by atoms with E-state index in [1.165, 1.54) is 27.7 Å². The Morgan fingerprint density at radius 2 is 1.95 bits per heavy atom. The number of rotatable bonds is 4. The van der Waals surface area contributed by atoms with Crippen molar-refractivity contribution in [3.8, 4) is 5.75 Å². The number of fused-ring (bicyclic) bond motifs is 1. The van der Waals surface area contributed by atoms with Crippen LogP contribution in [0.1, 0.15) is 37.1 Å². The third kappa shape index (κ3) is 2.35. The van der Waals surface area contributed by atoms with Gasteiger partial charge in [0, 0.05) is 16.6 Å². The fourth-order valence-electron chi connectivity index (χ4n) is 3.05. The van der Waals surface area contributed by atoms with E-state index >= 15 is 0 Å². The van der Waals surface area contributed by atoms with Crippen molar-refractivity contribution in [1.82, 2.24) is 4.98 Å². The second kappa shape index (κ2) is 4.89. The van der Waals surface area contributed by atoms with E-state index in [2.05, 4.69) is 44.8 Å². The Balaban J connectivity index is 2.73. The average Bonchev–Trinajstić information content (AvgIpc) is 2.66. The van der Waals surface area contributed by atoms with Crippen LogP contribution in [0.2, 0.25) is 0 Å². The number of H-pyrrole nitrogens is 1. The van der Waals surface area contributed by atoms with Crippen molar-refractivity contribution in [2.24, 2.45) is 5.73 Å². The largest absolute Gasteiger partial charge is 0.497 e. The second-order valence-electron chi connectivity index (χ2n) is 5.91. The maximum absolute atomic E-state index is 5.77. The fraction of sp³-hybridized carbons (Fsp3) is 0.500. The zero-order chi connectivity index (χ0) is 14.2. The lowest BCUT2D eigenvalue weighted by atomic mass is 9.80. The van der Waals surface area contributed by atoms with Crippen molar-refractivity contribution in [3.63, 3.8) is 0 Å². The second-order valence-corrected chi connectivity index (χ2v) is 5.91. The molecule has 2 rings (SSSR count). The van der Waals surface area contributed by atoms with Gasteiger partial charge in [-0.2, -0.15) is 0 Å². The first kappa shape index (κ1) is 13.9. The number of benzene rings is 1. The molecule has 0 radical (unpaired) electrons. The first-order valence-electron chi connectivity index (χ1n) is 6.78. The molecule has 1 aromatic carbocycles. The SMILES string of the molecule is COc1cc(C)c2[nH]c(C)c(C(C)(C)CCN)c2c1. The standard InChI is InChI=1S/C16H24N2O/c1-10-8-12(19-5)9-13-14(11(2)18-15(10)13)16(3,4)6-7-17/h8-9,18H,6-7,17H2,1-5H3. The summed E-state index contributed by atoms with van der Waals surface area (Å²) < 4.78 is 5.40. The molecule has 19 heavy (non-hydrogen) atoms. The van der Waals surface area contributed by atoms with E-state index in [1.54, 1.807) is 7.11 Å². The highest BCUT2D eigenvalue weighted by molar-refractivity contribution is 5.89. The Morgan fingerprint density at radius 1 is 1.26 bits per heavy atom. The third-order valence-corrected chi connectivity index (χ3v) is 3.95. The molecule has 2 aromatic rings. The Kier molecular flexibility index (Phi) is 3.59. The number of nitrogens with two attached hydrogens (primary N) is 1. The molecule has 3 heteroatoms. The molecule has 0 aliphatic heterocycles. The van der Waals surface area contributed by atoms with Gasteiger partial charge in [0.05, 0.1) is 7.11 Å². The van der Waals surface area contributed by atoms with Crippen LogP contribution in [0, 0.1) is 13.8 Å². The van der Waals surface area contributed by atoms with Gasteiger partial charge in [-0.3, -0.25) is 0 Å². The lowest BCUT2D eigenvalue weighted by molar-refractivity contribution is 0.415. The summed E-state index contributed by atoms with van der Waals surface area (Å²) in [6.07, 6.45) is 0.969. The summed E-state index contributed by atoms with van der Waals surface area (Å²) in [5.74, 6) is 0.911. The van der Waals surface area contributed by atoms with E-state index in [1.807, 2.05) is 0 Å². The summed E-state index contributed by atoms with van der Waals surface area (Å²) in [6, 6.07) is 4.19. The van der Waals surface area contributed by atoms with Crippen LogP contribution in [-0.4, -0.2) is 18.6 Å². The van der Waals surface area contributed by atoms with E-state index in [0.717, 1.165) is 12.2 Å². The highest BCUT2D eigenvalue weighted by Crippen LogP contribution is 2.38. The maximum Gasteiger partial charge on any atom is 0.119 e. The molecule has 104 valence electrons. The number of aromatic nitrogens is 1. The molecule has 0 spiro atoms. The zero-order valence-electron chi connectivity index (χ0n) is 12.6. The number of hydrogen-bond acceptors (Lipinski definition) is 2. The molecule has 0 saturated heterocycles. The van der Waals surface area contributed by atoms with Crippen LogP contribution in [0.4, 0.5) is 0 Å². The predicted octanol–water partition coefficient (Wildman–Crippen LogP) is 3.42. The normalized spacial score (nSPS) is 12.1. The van der Waals surface area contributed by atoms with E-state index in [4.69, 9.17) is 10.5 Å². The lowest BCUT2D eigenvalue weighted by Crippen LogP contribution is -2.22. The quantitative estimate of drug-likeness (QED) is 0.885. The van der Waals surface area contributed by atoms with Gasteiger partial charge in [-0.1, -0.05) is 13.8 Å². The Hall–Kier alpha value is -1.48. The third-order valence-electron chi connectivity index (χ3n) is 3.95. The number of nitrogens with one attached hydrogen (secondary N) is 1. The summed E-state index contributed by atoms with van der Waals surface area (Å²) in [6.45, 7) is 9.46. The van der Waals surface area contributed by atoms with Crippen LogP contribution in [0.5, 0.6) is 5.75 Å². The lowest BCUT2D eigenvalue weighted by Gasteiger charge is -2.25. The van der Waals surface area contributed by atoms with Gasteiger partial charge in [0.25, 0.3) is 0 Å². The number of aryl methyl sites for hydroxylation is 2. The van der Waals surface area contributed by atoms with Crippen molar-refractivity contribution in [2.45, 2.75) is 39.5 Å². The van der Waals surface area contributed by atoms with Crippen molar-refractivity contribution in [3.05, 3.63) is 29.0 Å². The van der Waals surface area contributed by atoms with Crippen LogP contribution in [-0.2, 0) is 5.41 Å². The number of hydrogen-bond donors (Lipinski definition) is 2. The van der Waals surface area contributed by atoms with Gasteiger partial charge >= 0.3 is 0 Å². The minimum Gasteiger partial charge on any atom is -0.497 e. The van der Waals surface area contributed by atoms with Gasteiger partial charge in [0.1, 0.15) is 5.75 Å².